The Kier molecular flexibility index (Phi) is 10.3. The van der Waals surface area contributed by atoms with Crippen molar-refractivity contribution in [3.8, 4) is 40.1 Å². The molecule has 4 aromatic rings. The third-order valence-corrected chi connectivity index (χ3v) is 13.8. The molecular formula is C35H41ClN4O6Si. The predicted octanol–water partition coefficient (Wildman–Crippen LogP) is 7.74. The van der Waals surface area contributed by atoms with Crippen LogP contribution in [0.1, 0.15) is 49.5 Å². The monoisotopic (exact) mass is 676 g/mol. The number of hydrogen-bond acceptors (Lipinski definition) is 9. The van der Waals surface area contributed by atoms with Crippen LogP contribution < -0.4 is 9.47 Å². The van der Waals surface area contributed by atoms with Crippen molar-refractivity contribution in [2.24, 2.45) is 0 Å². The van der Waals surface area contributed by atoms with E-state index in [9.17, 15) is 10.1 Å². The summed E-state index contributed by atoms with van der Waals surface area (Å²) in [6.45, 7) is 13.1. The van der Waals surface area contributed by atoms with Gasteiger partial charge >= 0.3 is 0 Å². The van der Waals surface area contributed by atoms with Crippen molar-refractivity contribution in [3.63, 3.8) is 0 Å². The summed E-state index contributed by atoms with van der Waals surface area (Å²) < 4.78 is 29.8. The van der Waals surface area contributed by atoms with E-state index in [1.54, 1.807) is 42.4 Å². The number of aromatic nitrogens is 2. The number of amides is 1. The number of pyridine rings is 2. The van der Waals surface area contributed by atoms with Gasteiger partial charge in [-0.05, 0) is 41.9 Å². The average molecular weight is 677 g/mol. The fraction of sp³-hybridized carbons (Fsp3) is 0.429. The van der Waals surface area contributed by atoms with Crippen LogP contribution in [0.25, 0.3) is 33.7 Å². The van der Waals surface area contributed by atoms with E-state index in [4.69, 9.17) is 34.7 Å². The molecule has 0 spiro atoms. The standard InChI is InChI=1S/C35H41ClN4O6Si/c1-35(2,3)47(6,7)44-15-12-40(4)34(41)24-17-29(42-5)32(39-20-24)30-18-27-33(46-30)31(26(36)21-38-27)22-8-9-28(23(16-22)19-37)45-25-10-13-43-14-11-25/h8-9,16-18,20-21,25H,10-15H2,1-7H3. The fourth-order valence-electron chi connectivity index (χ4n) is 5.07. The zero-order valence-electron chi connectivity index (χ0n) is 28.0. The first-order valence-corrected chi connectivity index (χ1v) is 18.9. The van der Waals surface area contributed by atoms with Crippen molar-refractivity contribution < 1.29 is 27.8 Å². The average Bonchev–Trinajstić information content (AvgIpc) is 3.48. The van der Waals surface area contributed by atoms with Gasteiger partial charge in [0.25, 0.3) is 5.91 Å². The zero-order chi connectivity index (χ0) is 33.9. The lowest BCUT2D eigenvalue weighted by molar-refractivity contribution is 0.0254. The third-order valence-electron chi connectivity index (χ3n) is 8.94. The van der Waals surface area contributed by atoms with E-state index in [-0.39, 0.29) is 17.0 Å². The van der Waals surface area contributed by atoms with Gasteiger partial charge in [-0.25, -0.2) is 4.98 Å². The summed E-state index contributed by atoms with van der Waals surface area (Å²) in [4.78, 5) is 23.9. The highest BCUT2D eigenvalue weighted by Gasteiger charge is 2.37. The molecule has 1 amide bonds. The van der Waals surface area contributed by atoms with Gasteiger partial charge < -0.3 is 28.0 Å². The number of nitriles is 1. The lowest BCUT2D eigenvalue weighted by Gasteiger charge is -2.36. The molecule has 5 rings (SSSR count). The Morgan fingerprint density at radius 2 is 1.87 bits per heavy atom. The van der Waals surface area contributed by atoms with Crippen molar-refractivity contribution in [1.82, 2.24) is 14.9 Å². The van der Waals surface area contributed by atoms with Crippen LogP contribution in [0, 0.1) is 11.3 Å². The minimum Gasteiger partial charge on any atom is -0.494 e. The number of rotatable bonds is 10. The molecule has 0 aliphatic carbocycles. The normalized spacial score (nSPS) is 14.2. The van der Waals surface area contributed by atoms with Crippen LogP contribution >= 0.6 is 11.6 Å². The summed E-state index contributed by atoms with van der Waals surface area (Å²) in [6.07, 6.45) is 4.60. The lowest BCUT2D eigenvalue weighted by atomic mass is 10.0. The molecule has 1 saturated heterocycles. The lowest BCUT2D eigenvalue weighted by Crippen LogP contribution is -2.43. The molecule has 0 radical (unpaired) electrons. The van der Waals surface area contributed by atoms with Crippen LogP contribution in [0.4, 0.5) is 0 Å². The number of benzene rings is 1. The Morgan fingerprint density at radius 1 is 1.13 bits per heavy atom. The first kappa shape index (κ1) is 34.4. The van der Waals surface area contributed by atoms with E-state index in [1.807, 2.05) is 6.07 Å². The maximum atomic E-state index is 13.3. The Morgan fingerprint density at radius 3 is 2.55 bits per heavy atom. The highest BCUT2D eigenvalue weighted by Crippen LogP contribution is 2.41. The molecule has 248 valence electrons. The molecule has 4 heterocycles. The van der Waals surface area contributed by atoms with Gasteiger partial charge in [-0.3, -0.25) is 9.78 Å². The van der Waals surface area contributed by atoms with Gasteiger partial charge in [0.05, 0.1) is 43.1 Å². The number of nitrogens with zero attached hydrogens (tertiary/aromatic N) is 4. The van der Waals surface area contributed by atoms with Crippen LogP contribution in [0.15, 0.2) is 47.1 Å². The number of halogens is 1. The topological polar surface area (TPSA) is 120 Å². The van der Waals surface area contributed by atoms with Crippen LogP contribution in [0.5, 0.6) is 11.5 Å². The van der Waals surface area contributed by atoms with Gasteiger partial charge in [-0.2, -0.15) is 5.26 Å². The number of carbonyl (C=O) groups is 1. The molecule has 12 heteroatoms. The summed E-state index contributed by atoms with van der Waals surface area (Å²) in [6, 6.07) is 11.0. The largest absolute Gasteiger partial charge is 0.494 e. The zero-order valence-corrected chi connectivity index (χ0v) is 29.7. The second kappa shape index (κ2) is 14.0. The first-order valence-electron chi connectivity index (χ1n) is 15.6. The Balaban J connectivity index is 1.39. The minimum atomic E-state index is -1.92. The molecule has 10 nitrogen and oxygen atoms in total. The predicted molar refractivity (Wildman–Crippen MR) is 184 cm³/mol. The van der Waals surface area contributed by atoms with Gasteiger partial charge in [0.1, 0.15) is 34.9 Å². The molecule has 0 unspecified atom stereocenters. The number of methoxy groups -OCH3 is 1. The van der Waals surface area contributed by atoms with E-state index in [0.29, 0.717) is 87.7 Å². The molecule has 1 fully saturated rings. The molecule has 0 saturated carbocycles. The molecular weight excluding hydrogens is 636 g/mol. The molecule has 47 heavy (non-hydrogen) atoms. The molecule has 0 N–H and O–H groups in total. The van der Waals surface area contributed by atoms with Crippen LogP contribution in [-0.2, 0) is 9.16 Å². The van der Waals surface area contributed by atoms with Crippen molar-refractivity contribution in [3.05, 3.63) is 58.9 Å². The van der Waals surface area contributed by atoms with Crippen LogP contribution in [0.2, 0.25) is 23.2 Å². The summed E-state index contributed by atoms with van der Waals surface area (Å²) in [7, 11) is 1.34. The highest BCUT2D eigenvalue weighted by molar-refractivity contribution is 6.74. The van der Waals surface area contributed by atoms with Gasteiger partial charge in [0.2, 0.25) is 0 Å². The summed E-state index contributed by atoms with van der Waals surface area (Å²) in [5.74, 6) is 1.08. The number of likely N-dealkylation sites (N-methyl/N-ethyl adjacent to an activating group) is 1. The van der Waals surface area contributed by atoms with E-state index >= 15 is 0 Å². The number of fused-ring (bicyclic) bond motifs is 1. The molecule has 0 bridgehead atoms. The third kappa shape index (κ3) is 7.46. The Bertz CT molecular complexity index is 1810. The number of furan rings is 1. The molecule has 1 aromatic carbocycles. The fourth-order valence-corrected chi connectivity index (χ4v) is 6.35. The molecule has 1 aliphatic rings. The second-order valence-electron chi connectivity index (χ2n) is 13.2. The summed E-state index contributed by atoms with van der Waals surface area (Å²) in [5.41, 5.74) is 3.43. The minimum absolute atomic E-state index is 0.00327. The van der Waals surface area contributed by atoms with E-state index in [1.165, 1.54) is 13.3 Å². The van der Waals surface area contributed by atoms with Crippen molar-refractivity contribution in [2.45, 2.75) is 57.8 Å². The molecule has 0 atom stereocenters. The first-order chi connectivity index (χ1) is 22.3. The Labute approximate surface area is 281 Å². The smallest absolute Gasteiger partial charge is 0.255 e. The molecule has 1 aliphatic heterocycles. The maximum Gasteiger partial charge on any atom is 0.255 e. The van der Waals surface area contributed by atoms with Crippen molar-refractivity contribution in [1.29, 1.82) is 5.26 Å². The van der Waals surface area contributed by atoms with Crippen LogP contribution in [-0.4, -0.2) is 75.7 Å². The van der Waals surface area contributed by atoms with E-state index < -0.39 is 8.32 Å². The second-order valence-corrected chi connectivity index (χ2v) is 18.4. The van der Waals surface area contributed by atoms with Gasteiger partial charge in [-0.15, -0.1) is 0 Å². The van der Waals surface area contributed by atoms with Crippen molar-refractivity contribution in [2.75, 3.05) is 40.5 Å². The number of carbonyl (C=O) groups excluding carboxylic acids is 1. The maximum absolute atomic E-state index is 13.3. The van der Waals surface area contributed by atoms with Gasteiger partial charge in [0.15, 0.2) is 19.7 Å². The Hall–Kier alpha value is -3.95. The van der Waals surface area contributed by atoms with Crippen LogP contribution in [0.3, 0.4) is 0 Å². The van der Waals surface area contributed by atoms with Gasteiger partial charge in [0, 0.05) is 50.5 Å². The summed E-state index contributed by atoms with van der Waals surface area (Å²) in [5, 5.41) is 10.4. The van der Waals surface area contributed by atoms with E-state index in [0.717, 1.165) is 12.8 Å². The molecule has 3 aromatic heterocycles. The quantitative estimate of drug-likeness (QED) is 0.155. The highest BCUT2D eigenvalue weighted by atomic mass is 35.5. The number of ether oxygens (including phenoxy) is 3. The van der Waals surface area contributed by atoms with Gasteiger partial charge in [-0.1, -0.05) is 38.4 Å². The summed E-state index contributed by atoms with van der Waals surface area (Å²) >= 11 is 6.67. The van der Waals surface area contributed by atoms with E-state index in [2.05, 4.69) is 49.9 Å². The number of hydrogen-bond donors (Lipinski definition) is 0. The SMILES string of the molecule is COc1cc(C(=O)N(C)CCO[Si](C)(C)C(C)(C)C)cnc1-c1cc2ncc(Cl)c(-c3ccc(OC4CCOCC4)c(C#N)c3)c2o1. The van der Waals surface area contributed by atoms with Crippen molar-refractivity contribution >= 4 is 36.9 Å².